The van der Waals surface area contributed by atoms with E-state index in [1.165, 1.54) is 0 Å². The summed E-state index contributed by atoms with van der Waals surface area (Å²) in [6.07, 6.45) is 2.71. The minimum Gasteiger partial charge on any atom is -0.480 e. The van der Waals surface area contributed by atoms with Gasteiger partial charge in [0.15, 0.2) is 0 Å². The number of rotatable bonds is 6. The SMILES string of the molecule is CCN(CC(=O)O)C1CC(NC(=O)N2CCC(C)C(OC)C2)C1. The maximum absolute atomic E-state index is 12.3. The number of likely N-dealkylation sites (tertiary alicyclic amines) is 1. The number of amides is 2. The Morgan fingerprint density at radius 3 is 2.65 bits per heavy atom. The summed E-state index contributed by atoms with van der Waals surface area (Å²) in [6, 6.07) is 0.383. The van der Waals surface area contributed by atoms with Gasteiger partial charge in [-0.1, -0.05) is 13.8 Å². The highest BCUT2D eigenvalue weighted by molar-refractivity contribution is 5.75. The Morgan fingerprint density at radius 2 is 2.09 bits per heavy atom. The molecule has 2 amide bonds. The molecule has 132 valence electrons. The van der Waals surface area contributed by atoms with Gasteiger partial charge in [-0.25, -0.2) is 4.79 Å². The topological polar surface area (TPSA) is 82.1 Å². The van der Waals surface area contributed by atoms with Gasteiger partial charge in [-0.15, -0.1) is 0 Å². The maximum atomic E-state index is 12.3. The molecular formula is C16H29N3O4. The maximum Gasteiger partial charge on any atom is 0.317 e. The number of likely N-dealkylation sites (N-methyl/N-ethyl adjacent to an activating group) is 1. The van der Waals surface area contributed by atoms with Crippen LogP contribution in [0.3, 0.4) is 0 Å². The fourth-order valence-corrected chi connectivity index (χ4v) is 3.47. The van der Waals surface area contributed by atoms with Gasteiger partial charge >= 0.3 is 12.0 Å². The number of carboxylic acid groups (broad SMARTS) is 1. The Bertz CT molecular complexity index is 426. The second kappa shape index (κ2) is 7.97. The van der Waals surface area contributed by atoms with Gasteiger partial charge < -0.3 is 20.1 Å². The van der Waals surface area contributed by atoms with E-state index in [2.05, 4.69) is 12.2 Å². The fraction of sp³-hybridized carbons (Fsp3) is 0.875. The molecule has 0 radical (unpaired) electrons. The predicted octanol–water partition coefficient (Wildman–Crippen LogP) is 0.990. The minimum atomic E-state index is -0.799. The van der Waals surface area contributed by atoms with Crippen molar-refractivity contribution in [2.24, 2.45) is 5.92 Å². The molecule has 0 bridgehead atoms. The zero-order chi connectivity index (χ0) is 17.0. The molecule has 2 N–H and O–H groups in total. The third-order valence-corrected chi connectivity index (χ3v) is 5.18. The zero-order valence-corrected chi connectivity index (χ0v) is 14.3. The number of nitrogens with zero attached hydrogens (tertiary/aromatic N) is 2. The summed E-state index contributed by atoms with van der Waals surface area (Å²) in [7, 11) is 1.70. The monoisotopic (exact) mass is 327 g/mol. The molecule has 2 unspecified atom stereocenters. The zero-order valence-electron chi connectivity index (χ0n) is 14.3. The molecule has 1 aliphatic carbocycles. The van der Waals surface area contributed by atoms with Crippen LogP contribution in [0.15, 0.2) is 0 Å². The van der Waals surface area contributed by atoms with Crippen LogP contribution in [0.4, 0.5) is 4.79 Å². The summed E-state index contributed by atoms with van der Waals surface area (Å²) in [5, 5.41) is 12.0. The number of hydrogen-bond donors (Lipinski definition) is 2. The van der Waals surface area contributed by atoms with Crippen LogP contribution in [0.2, 0.25) is 0 Å². The van der Waals surface area contributed by atoms with Gasteiger partial charge in [0.2, 0.25) is 0 Å². The third-order valence-electron chi connectivity index (χ3n) is 5.18. The molecule has 1 saturated carbocycles. The van der Waals surface area contributed by atoms with E-state index in [-0.39, 0.29) is 30.8 Å². The number of piperidine rings is 1. The Labute approximate surface area is 138 Å². The number of hydrogen-bond acceptors (Lipinski definition) is 4. The van der Waals surface area contributed by atoms with Crippen molar-refractivity contribution in [3.05, 3.63) is 0 Å². The molecule has 23 heavy (non-hydrogen) atoms. The lowest BCUT2D eigenvalue weighted by Crippen LogP contribution is -2.58. The average Bonchev–Trinajstić information content (AvgIpc) is 2.48. The molecular weight excluding hydrogens is 298 g/mol. The Balaban J connectivity index is 1.74. The molecule has 0 aromatic carbocycles. The van der Waals surface area contributed by atoms with Crippen LogP contribution in [0.1, 0.15) is 33.1 Å². The standard InChI is InChI=1S/C16H29N3O4/c1-4-18(10-15(20)21)13-7-12(8-13)17-16(22)19-6-5-11(2)14(9-19)23-3/h11-14H,4-10H2,1-3H3,(H,17,22)(H,20,21). The molecule has 7 heteroatoms. The second-order valence-corrected chi connectivity index (χ2v) is 6.71. The lowest BCUT2D eigenvalue weighted by molar-refractivity contribution is -0.139. The van der Waals surface area contributed by atoms with Crippen molar-refractivity contribution in [3.63, 3.8) is 0 Å². The van der Waals surface area contributed by atoms with Gasteiger partial charge in [0.1, 0.15) is 0 Å². The van der Waals surface area contributed by atoms with Crippen LogP contribution in [0.25, 0.3) is 0 Å². The van der Waals surface area contributed by atoms with Gasteiger partial charge in [0.25, 0.3) is 0 Å². The molecule has 2 fully saturated rings. The van der Waals surface area contributed by atoms with Crippen LogP contribution in [-0.2, 0) is 9.53 Å². The second-order valence-electron chi connectivity index (χ2n) is 6.71. The van der Waals surface area contributed by atoms with Crippen molar-refractivity contribution in [1.82, 2.24) is 15.1 Å². The molecule has 0 aromatic rings. The van der Waals surface area contributed by atoms with Crippen molar-refractivity contribution < 1.29 is 19.4 Å². The lowest BCUT2D eigenvalue weighted by atomic mass is 9.85. The smallest absolute Gasteiger partial charge is 0.317 e. The highest BCUT2D eigenvalue weighted by Crippen LogP contribution is 2.26. The van der Waals surface area contributed by atoms with E-state index < -0.39 is 5.97 Å². The number of nitrogens with one attached hydrogen (secondary N) is 1. The number of ether oxygens (including phenoxy) is 1. The molecule has 1 aliphatic heterocycles. The number of carbonyl (C=O) groups excluding carboxylic acids is 1. The summed E-state index contributed by atoms with van der Waals surface area (Å²) in [4.78, 5) is 27.0. The summed E-state index contributed by atoms with van der Waals surface area (Å²) in [6.45, 7) is 6.32. The van der Waals surface area contributed by atoms with Crippen molar-refractivity contribution >= 4 is 12.0 Å². The molecule has 0 spiro atoms. The quantitative estimate of drug-likeness (QED) is 0.760. The lowest BCUT2D eigenvalue weighted by Gasteiger charge is -2.43. The molecule has 2 rings (SSSR count). The molecule has 1 saturated heterocycles. The molecule has 2 atom stereocenters. The van der Waals surface area contributed by atoms with E-state index in [1.807, 2.05) is 16.7 Å². The largest absolute Gasteiger partial charge is 0.480 e. The van der Waals surface area contributed by atoms with Gasteiger partial charge in [-0.2, -0.15) is 0 Å². The van der Waals surface area contributed by atoms with Gasteiger partial charge in [-0.3, -0.25) is 9.69 Å². The highest BCUT2D eigenvalue weighted by Gasteiger charge is 2.36. The highest BCUT2D eigenvalue weighted by atomic mass is 16.5. The number of aliphatic carboxylic acids is 1. The van der Waals surface area contributed by atoms with E-state index in [0.29, 0.717) is 12.5 Å². The third kappa shape index (κ3) is 4.57. The summed E-state index contributed by atoms with van der Waals surface area (Å²) in [5.74, 6) is -0.321. The van der Waals surface area contributed by atoms with Gasteiger partial charge in [-0.05, 0) is 31.7 Å². The number of urea groups is 1. The molecule has 0 aromatic heterocycles. The Morgan fingerprint density at radius 1 is 1.39 bits per heavy atom. The number of carboxylic acids is 1. The Kier molecular flexibility index (Phi) is 6.24. The van der Waals surface area contributed by atoms with Crippen molar-refractivity contribution in [2.45, 2.75) is 51.3 Å². The Hall–Kier alpha value is -1.34. The molecule has 2 aliphatic rings. The first kappa shape index (κ1) is 18.0. The fourth-order valence-electron chi connectivity index (χ4n) is 3.47. The first-order valence-corrected chi connectivity index (χ1v) is 8.48. The van der Waals surface area contributed by atoms with Crippen LogP contribution >= 0.6 is 0 Å². The van der Waals surface area contributed by atoms with Gasteiger partial charge in [0, 0.05) is 32.3 Å². The van der Waals surface area contributed by atoms with Crippen LogP contribution < -0.4 is 5.32 Å². The summed E-state index contributed by atoms with van der Waals surface area (Å²) in [5.41, 5.74) is 0. The van der Waals surface area contributed by atoms with Crippen molar-refractivity contribution in [2.75, 3.05) is 33.3 Å². The van der Waals surface area contributed by atoms with E-state index in [0.717, 1.165) is 32.4 Å². The molecule has 7 nitrogen and oxygen atoms in total. The van der Waals surface area contributed by atoms with Gasteiger partial charge in [0.05, 0.1) is 12.6 Å². The summed E-state index contributed by atoms with van der Waals surface area (Å²) >= 11 is 0. The van der Waals surface area contributed by atoms with E-state index >= 15 is 0 Å². The van der Waals surface area contributed by atoms with E-state index in [4.69, 9.17) is 9.84 Å². The number of carbonyl (C=O) groups is 2. The first-order valence-electron chi connectivity index (χ1n) is 8.48. The van der Waals surface area contributed by atoms with Crippen molar-refractivity contribution in [3.8, 4) is 0 Å². The minimum absolute atomic E-state index is 0.0244. The van der Waals surface area contributed by atoms with Crippen LogP contribution in [0.5, 0.6) is 0 Å². The van der Waals surface area contributed by atoms with Crippen molar-refractivity contribution in [1.29, 1.82) is 0 Å². The van der Waals surface area contributed by atoms with E-state index in [1.54, 1.807) is 7.11 Å². The number of methoxy groups -OCH3 is 1. The van der Waals surface area contributed by atoms with Crippen LogP contribution in [-0.4, -0.2) is 78.4 Å². The van der Waals surface area contributed by atoms with Crippen LogP contribution in [0, 0.1) is 5.92 Å². The summed E-state index contributed by atoms with van der Waals surface area (Å²) < 4.78 is 5.45. The predicted molar refractivity (Wildman–Crippen MR) is 86.4 cm³/mol. The molecule has 1 heterocycles. The first-order chi connectivity index (χ1) is 10.9. The van der Waals surface area contributed by atoms with E-state index in [9.17, 15) is 9.59 Å². The average molecular weight is 327 g/mol. The normalized spacial score (nSPS) is 30.9.